The van der Waals surface area contributed by atoms with E-state index in [-0.39, 0.29) is 22.9 Å². The lowest BCUT2D eigenvalue weighted by molar-refractivity contribution is -0.122. The van der Waals surface area contributed by atoms with Crippen LogP contribution >= 0.6 is 0 Å². The molecule has 0 unspecified atom stereocenters. The van der Waals surface area contributed by atoms with Crippen LogP contribution in [0.5, 0.6) is 0 Å². The maximum atomic E-state index is 11.8. The van der Waals surface area contributed by atoms with Gasteiger partial charge in [-0.1, -0.05) is 26.8 Å². The van der Waals surface area contributed by atoms with Crippen molar-refractivity contribution in [2.24, 2.45) is 11.3 Å². The highest BCUT2D eigenvalue weighted by atomic mass is 16.1. The van der Waals surface area contributed by atoms with E-state index in [1.54, 1.807) is 12.2 Å². The van der Waals surface area contributed by atoms with Crippen LogP contribution in [0.1, 0.15) is 46.5 Å². The van der Waals surface area contributed by atoms with Crippen molar-refractivity contribution in [3.63, 3.8) is 0 Å². The highest BCUT2D eigenvalue weighted by Gasteiger charge is 2.21. The average molecular weight is 208 g/mol. The molecule has 2 heteroatoms. The third-order valence-electron chi connectivity index (χ3n) is 2.75. The molecule has 1 rings (SSSR count). The molecule has 0 fully saturated rings. The maximum absolute atomic E-state index is 11.8. The van der Waals surface area contributed by atoms with Crippen molar-refractivity contribution in [3.8, 4) is 0 Å². The molecule has 0 saturated carbocycles. The molecule has 0 bridgehead atoms. The summed E-state index contributed by atoms with van der Waals surface area (Å²) in [5, 5.41) is 0. The molecule has 0 aromatic heterocycles. The minimum atomic E-state index is -0.00921. The Kier molecular flexibility index (Phi) is 3.83. The number of carbonyl (C=O) groups excluding carboxylic acids is 2. The Bertz CT molecular complexity index is 281. The largest absolute Gasteiger partial charge is 0.299 e. The summed E-state index contributed by atoms with van der Waals surface area (Å²) in [5.74, 6) is 0.425. The molecule has 0 N–H and O–H groups in total. The minimum Gasteiger partial charge on any atom is -0.299 e. The van der Waals surface area contributed by atoms with Crippen molar-refractivity contribution in [2.75, 3.05) is 0 Å². The summed E-state index contributed by atoms with van der Waals surface area (Å²) in [6, 6.07) is 0. The fourth-order valence-electron chi connectivity index (χ4n) is 1.65. The molecule has 1 aliphatic carbocycles. The van der Waals surface area contributed by atoms with Crippen LogP contribution in [0.15, 0.2) is 12.2 Å². The summed E-state index contributed by atoms with van der Waals surface area (Å²) >= 11 is 0. The zero-order valence-electron chi connectivity index (χ0n) is 9.88. The highest BCUT2D eigenvalue weighted by molar-refractivity contribution is 5.93. The van der Waals surface area contributed by atoms with Crippen LogP contribution in [0.25, 0.3) is 0 Å². The Hall–Kier alpha value is -0.920. The van der Waals surface area contributed by atoms with E-state index in [0.29, 0.717) is 19.3 Å². The molecule has 0 heterocycles. The number of rotatable bonds is 3. The predicted octanol–water partition coefficient (Wildman–Crippen LogP) is 2.92. The van der Waals surface area contributed by atoms with Gasteiger partial charge in [0.15, 0.2) is 5.78 Å². The van der Waals surface area contributed by atoms with E-state index in [4.69, 9.17) is 0 Å². The number of allylic oxidation sites excluding steroid dienone is 2. The topological polar surface area (TPSA) is 34.1 Å². The Morgan fingerprint density at radius 3 is 2.60 bits per heavy atom. The second kappa shape index (κ2) is 4.73. The summed E-state index contributed by atoms with van der Waals surface area (Å²) in [4.78, 5) is 22.7. The van der Waals surface area contributed by atoms with E-state index in [1.165, 1.54) is 0 Å². The molecule has 0 radical (unpaired) electrons. The SMILES string of the molecule is CC(C)(C)CCC(=O)[C@H]1C=CC(=O)CC1. The van der Waals surface area contributed by atoms with Gasteiger partial charge in [0.25, 0.3) is 0 Å². The van der Waals surface area contributed by atoms with Crippen LogP contribution in [-0.4, -0.2) is 11.6 Å². The van der Waals surface area contributed by atoms with Crippen LogP contribution in [-0.2, 0) is 9.59 Å². The molecular weight excluding hydrogens is 188 g/mol. The molecular formula is C13H20O2. The van der Waals surface area contributed by atoms with Gasteiger partial charge >= 0.3 is 0 Å². The quantitative estimate of drug-likeness (QED) is 0.714. The van der Waals surface area contributed by atoms with Crippen molar-refractivity contribution in [1.29, 1.82) is 0 Å². The van der Waals surface area contributed by atoms with Crippen LogP contribution < -0.4 is 0 Å². The molecule has 15 heavy (non-hydrogen) atoms. The first kappa shape index (κ1) is 12.2. The normalized spacial score (nSPS) is 21.8. The fraction of sp³-hybridized carbons (Fsp3) is 0.692. The van der Waals surface area contributed by atoms with Gasteiger partial charge in [-0.25, -0.2) is 0 Å². The lowest BCUT2D eigenvalue weighted by Crippen LogP contribution is -2.19. The summed E-state index contributed by atoms with van der Waals surface area (Å²) in [5.41, 5.74) is 0.212. The van der Waals surface area contributed by atoms with Gasteiger partial charge in [0.1, 0.15) is 5.78 Å². The molecule has 0 spiro atoms. The summed E-state index contributed by atoms with van der Waals surface area (Å²) in [7, 11) is 0. The first-order valence-corrected chi connectivity index (χ1v) is 5.62. The van der Waals surface area contributed by atoms with Crippen molar-refractivity contribution in [2.45, 2.75) is 46.5 Å². The smallest absolute Gasteiger partial charge is 0.155 e. The van der Waals surface area contributed by atoms with Gasteiger partial charge in [0.05, 0.1) is 0 Å². The second-order valence-corrected chi connectivity index (χ2v) is 5.50. The number of carbonyl (C=O) groups is 2. The Morgan fingerprint density at radius 2 is 2.13 bits per heavy atom. The zero-order chi connectivity index (χ0) is 11.5. The molecule has 84 valence electrons. The molecule has 2 nitrogen and oxygen atoms in total. The molecule has 1 aliphatic rings. The van der Waals surface area contributed by atoms with Crippen LogP contribution in [0, 0.1) is 11.3 Å². The van der Waals surface area contributed by atoms with Crippen molar-refractivity contribution < 1.29 is 9.59 Å². The minimum absolute atomic E-state index is 0.00921. The first-order chi connectivity index (χ1) is 6.88. The van der Waals surface area contributed by atoms with Crippen LogP contribution in [0.4, 0.5) is 0 Å². The van der Waals surface area contributed by atoms with Gasteiger partial charge < -0.3 is 0 Å². The average Bonchev–Trinajstić information content (AvgIpc) is 2.14. The van der Waals surface area contributed by atoms with E-state index in [0.717, 1.165) is 6.42 Å². The van der Waals surface area contributed by atoms with Crippen molar-refractivity contribution in [1.82, 2.24) is 0 Å². The predicted molar refractivity (Wildman–Crippen MR) is 60.6 cm³/mol. The second-order valence-electron chi connectivity index (χ2n) is 5.50. The molecule has 0 amide bonds. The standard InChI is InChI=1S/C13H20O2/c1-13(2,3)9-8-12(15)10-4-6-11(14)7-5-10/h4,6,10H,5,7-9H2,1-3H3/t10-/m0/s1. The van der Waals surface area contributed by atoms with Gasteiger partial charge in [0.2, 0.25) is 0 Å². The number of Topliss-reactive ketones (excluding diaryl/α,β-unsaturated/α-hetero) is 1. The van der Waals surface area contributed by atoms with Crippen molar-refractivity contribution >= 4 is 11.6 Å². The number of ketones is 2. The van der Waals surface area contributed by atoms with Crippen LogP contribution in [0.2, 0.25) is 0 Å². The Balaban J connectivity index is 2.41. The molecule has 0 saturated heterocycles. The number of hydrogen-bond donors (Lipinski definition) is 0. The summed E-state index contributed by atoms with van der Waals surface area (Å²) < 4.78 is 0. The number of hydrogen-bond acceptors (Lipinski definition) is 2. The fourth-order valence-corrected chi connectivity index (χ4v) is 1.65. The van der Waals surface area contributed by atoms with E-state index >= 15 is 0 Å². The summed E-state index contributed by atoms with van der Waals surface area (Å²) in [6.45, 7) is 6.42. The van der Waals surface area contributed by atoms with Gasteiger partial charge in [-0.3, -0.25) is 9.59 Å². The van der Waals surface area contributed by atoms with E-state index in [2.05, 4.69) is 20.8 Å². The molecule has 1 atom stereocenters. The molecule has 0 aromatic rings. The highest BCUT2D eigenvalue weighted by Crippen LogP contribution is 2.24. The summed E-state index contributed by atoms with van der Waals surface area (Å²) in [6.07, 6.45) is 6.12. The van der Waals surface area contributed by atoms with E-state index < -0.39 is 0 Å². The Labute approximate surface area is 91.7 Å². The van der Waals surface area contributed by atoms with E-state index in [9.17, 15) is 9.59 Å². The van der Waals surface area contributed by atoms with Gasteiger partial charge in [-0.15, -0.1) is 0 Å². The van der Waals surface area contributed by atoms with Gasteiger partial charge in [-0.2, -0.15) is 0 Å². The lowest BCUT2D eigenvalue weighted by atomic mass is 9.84. The third kappa shape index (κ3) is 4.41. The van der Waals surface area contributed by atoms with E-state index in [1.807, 2.05) is 0 Å². The lowest BCUT2D eigenvalue weighted by Gasteiger charge is -2.20. The molecule has 0 aliphatic heterocycles. The monoisotopic (exact) mass is 208 g/mol. The maximum Gasteiger partial charge on any atom is 0.155 e. The Morgan fingerprint density at radius 1 is 1.47 bits per heavy atom. The zero-order valence-corrected chi connectivity index (χ0v) is 9.88. The van der Waals surface area contributed by atoms with Gasteiger partial charge in [0, 0.05) is 18.8 Å². The van der Waals surface area contributed by atoms with Gasteiger partial charge in [-0.05, 0) is 24.3 Å². The molecule has 0 aromatic carbocycles. The third-order valence-corrected chi connectivity index (χ3v) is 2.75. The van der Waals surface area contributed by atoms with Crippen LogP contribution in [0.3, 0.4) is 0 Å². The van der Waals surface area contributed by atoms with Crippen molar-refractivity contribution in [3.05, 3.63) is 12.2 Å². The first-order valence-electron chi connectivity index (χ1n) is 5.62.